The van der Waals surface area contributed by atoms with Crippen molar-refractivity contribution in [2.75, 3.05) is 19.6 Å². The van der Waals surface area contributed by atoms with Crippen LogP contribution in [0.3, 0.4) is 0 Å². The summed E-state index contributed by atoms with van der Waals surface area (Å²) in [4.78, 5) is 57.8. The topological polar surface area (TPSA) is 138 Å². The zero-order valence-electron chi connectivity index (χ0n) is 24.4. The zero-order valence-corrected chi connectivity index (χ0v) is 24.4. The Bertz CT molecular complexity index is 1510. The standard InChI is InChI=1S/C33H36N4O6/c1-21-16-25(17-22(2)35-21)30(39)37-14-11-33(12-15-37)20-24-4-3-5-27(18-24)43-26-8-6-23(7-9-26)19-28(31(40)41)36-29(38)10-13-34-32(33)42/h3-9,16-18,28H,10-15,19-20H2,1-2H3,(H,34,42)(H,36,38)(H,40,41)/t28-/m0/s1. The van der Waals surface area contributed by atoms with Crippen LogP contribution in [0, 0.1) is 19.3 Å². The number of benzene rings is 2. The van der Waals surface area contributed by atoms with Gasteiger partial charge in [0.2, 0.25) is 11.8 Å². The Morgan fingerprint density at radius 3 is 2.33 bits per heavy atom. The second-order valence-electron chi connectivity index (χ2n) is 11.4. The predicted molar refractivity (Wildman–Crippen MR) is 159 cm³/mol. The van der Waals surface area contributed by atoms with Gasteiger partial charge in [-0.3, -0.25) is 19.4 Å². The molecule has 3 aliphatic heterocycles. The molecule has 3 aromatic rings. The number of carbonyl (C=O) groups is 4. The fourth-order valence-electron chi connectivity index (χ4n) is 5.88. The van der Waals surface area contributed by atoms with E-state index in [0.29, 0.717) is 49.4 Å². The molecule has 0 radical (unpaired) electrons. The number of carbonyl (C=O) groups excluding carboxylic acids is 3. The first-order valence-corrected chi connectivity index (χ1v) is 14.5. The lowest BCUT2D eigenvalue weighted by Crippen LogP contribution is -2.52. The van der Waals surface area contributed by atoms with Crippen molar-refractivity contribution in [3.8, 4) is 11.5 Å². The molecule has 1 spiro atoms. The largest absolute Gasteiger partial charge is 0.480 e. The fraction of sp³-hybridized carbons (Fsp3) is 0.364. The summed E-state index contributed by atoms with van der Waals surface area (Å²) < 4.78 is 6.08. The number of carboxylic acids is 1. The third-order valence-corrected chi connectivity index (χ3v) is 8.13. The van der Waals surface area contributed by atoms with E-state index in [9.17, 15) is 24.3 Å². The number of nitrogens with zero attached hydrogens (tertiary/aromatic N) is 2. The van der Waals surface area contributed by atoms with Gasteiger partial charge < -0.3 is 25.4 Å². The number of aryl methyl sites for hydroxylation is 2. The summed E-state index contributed by atoms with van der Waals surface area (Å²) in [5.74, 6) is -0.678. The smallest absolute Gasteiger partial charge is 0.326 e. The summed E-state index contributed by atoms with van der Waals surface area (Å²) in [6.45, 7) is 4.58. The maximum absolute atomic E-state index is 13.8. The molecule has 43 heavy (non-hydrogen) atoms. The molecular formula is C33H36N4O6. The molecule has 10 heteroatoms. The first kappa shape index (κ1) is 29.8. The molecule has 2 aromatic carbocycles. The van der Waals surface area contributed by atoms with E-state index in [1.807, 2.05) is 38.1 Å². The van der Waals surface area contributed by atoms with Crippen molar-refractivity contribution >= 4 is 23.7 Å². The van der Waals surface area contributed by atoms with Gasteiger partial charge in [0.25, 0.3) is 5.91 Å². The number of pyridine rings is 1. The lowest BCUT2D eigenvalue weighted by atomic mass is 9.72. The number of ether oxygens (including phenoxy) is 1. The van der Waals surface area contributed by atoms with E-state index >= 15 is 0 Å². The maximum Gasteiger partial charge on any atom is 0.326 e. The van der Waals surface area contributed by atoms with Crippen LogP contribution in [-0.2, 0) is 27.2 Å². The molecule has 1 saturated heterocycles. The van der Waals surface area contributed by atoms with Crippen LogP contribution in [0.25, 0.3) is 0 Å². The summed E-state index contributed by atoms with van der Waals surface area (Å²) >= 11 is 0. The number of aliphatic carboxylic acids is 1. The van der Waals surface area contributed by atoms with E-state index < -0.39 is 23.3 Å². The van der Waals surface area contributed by atoms with Crippen LogP contribution in [0.1, 0.15) is 52.1 Å². The van der Waals surface area contributed by atoms with E-state index in [-0.39, 0.29) is 31.2 Å². The van der Waals surface area contributed by atoms with Crippen molar-refractivity contribution in [1.29, 1.82) is 0 Å². The van der Waals surface area contributed by atoms with Gasteiger partial charge in [-0.1, -0.05) is 24.3 Å². The van der Waals surface area contributed by atoms with Gasteiger partial charge in [0, 0.05) is 49.4 Å². The van der Waals surface area contributed by atoms with E-state index in [1.165, 1.54) is 0 Å². The zero-order chi connectivity index (χ0) is 30.6. The molecule has 4 heterocycles. The molecule has 0 saturated carbocycles. The van der Waals surface area contributed by atoms with Crippen molar-refractivity contribution < 1.29 is 29.0 Å². The van der Waals surface area contributed by atoms with Crippen molar-refractivity contribution in [3.63, 3.8) is 0 Å². The minimum absolute atomic E-state index is 0.0563. The van der Waals surface area contributed by atoms with Crippen LogP contribution < -0.4 is 15.4 Å². The Kier molecular flexibility index (Phi) is 8.75. The average Bonchev–Trinajstić information content (AvgIpc) is 2.97. The van der Waals surface area contributed by atoms with E-state index in [4.69, 9.17) is 4.74 Å². The molecule has 3 aliphatic rings. The second-order valence-corrected chi connectivity index (χ2v) is 11.4. The van der Waals surface area contributed by atoms with Gasteiger partial charge in [0.15, 0.2) is 0 Å². The molecule has 10 nitrogen and oxygen atoms in total. The molecule has 3 amide bonds. The number of piperidine rings is 1. The van der Waals surface area contributed by atoms with Gasteiger partial charge in [-0.2, -0.15) is 0 Å². The van der Waals surface area contributed by atoms with E-state index in [0.717, 1.165) is 22.5 Å². The normalized spacial score (nSPS) is 19.0. The van der Waals surface area contributed by atoms with Gasteiger partial charge in [-0.05, 0) is 80.6 Å². The highest BCUT2D eigenvalue weighted by molar-refractivity contribution is 5.95. The van der Waals surface area contributed by atoms with Crippen LogP contribution in [0.5, 0.6) is 11.5 Å². The highest BCUT2D eigenvalue weighted by Crippen LogP contribution is 2.37. The van der Waals surface area contributed by atoms with E-state index in [1.54, 1.807) is 41.3 Å². The van der Waals surface area contributed by atoms with Crippen LogP contribution in [0.4, 0.5) is 0 Å². The number of carboxylic acid groups (broad SMARTS) is 1. The van der Waals surface area contributed by atoms with Crippen molar-refractivity contribution in [3.05, 3.63) is 88.7 Å². The number of aromatic nitrogens is 1. The molecule has 6 rings (SSSR count). The number of hydrogen-bond acceptors (Lipinski definition) is 6. The molecule has 0 unspecified atom stereocenters. The second kappa shape index (κ2) is 12.6. The van der Waals surface area contributed by atoms with Gasteiger partial charge in [0.05, 0.1) is 5.41 Å². The molecule has 3 N–H and O–H groups in total. The molecule has 1 atom stereocenters. The van der Waals surface area contributed by atoms with Crippen molar-refractivity contribution in [2.24, 2.45) is 5.41 Å². The number of likely N-dealkylation sites (tertiary alicyclic amines) is 1. The summed E-state index contributed by atoms with van der Waals surface area (Å²) in [6.07, 6.45) is 1.36. The molecule has 4 bridgehead atoms. The first-order chi connectivity index (χ1) is 20.6. The number of amides is 3. The third kappa shape index (κ3) is 7.20. The number of nitrogens with one attached hydrogen (secondary N) is 2. The minimum Gasteiger partial charge on any atom is -0.480 e. The molecular weight excluding hydrogens is 548 g/mol. The van der Waals surface area contributed by atoms with Crippen LogP contribution in [0.2, 0.25) is 0 Å². The lowest BCUT2D eigenvalue weighted by Gasteiger charge is -2.41. The van der Waals surface area contributed by atoms with E-state index in [2.05, 4.69) is 15.6 Å². The van der Waals surface area contributed by atoms with Gasteiger partial charge in [0.1, 0.15) is 17.5 Å². The van der Waals surface area contributed by atoms with Gasteiger partial charge >= 0.3 is 5.97 Å². The van der Waals surface area contributed by atoms with Gasteiger partial charge in [-0.25, -0.2) is 4.79 Å². The van der Waals surface area contributed by atoms with Crippen LogP contribution in [0.15, 0.2) is 60.7 Å². The minimum atomic E-state index is -1.14. The number of fused-ring (bicyclic) bond motifs is 9. The average molecular weight is 585 g/mol. The van der Waals surface area contributed by atoms with Crippen molar-refractivity contribution in [2.45, 2.75) is 52.0 Å². The fourth-order valence-corrected chi connectivity index (χ4v) is 5.88. The SMILES string of the molecule is Cc1cc(C(=O)N2CCC3(CC2)Cc2cccc(c2)Oc2ccc(cc2)C[C@@H](C(=O)O)NC(=O)CCNC3=O)cc(C)n1. The predicted octanol–water partition coefficient (Wildman–Crippen LogP) is 3.59. The Hall–Kier alpha value is -4.73. The monoisotopic (exact) mass is 584 g/mol. The highest BCUT2D eigenvalue weighted by Gasteiger charge is 2.42. The summed E-state index contributed by atoms with van der Waals surface area (Å²) in [5, 5.41) is 15.2. The molecule has 224 valence electrons. The van der Waals surface area contributed by atoms with Crippen LogP contribution in [-0.4, -0.2) is 64.4 Å². The summed E-state index contributed by atoms with van der Waals surface area (Å²) in [6, 6.07) is 17.2. The quantitative estimate of drug-likeness (QED) is 0.419. The Labute approximate surface area is 250 Å². The maximum atomic E-state index is 13.8. The summed E-state index contributed by atoms with van der Waals surface area (Å²) in [5.41, 5.74) is 2.98. The molecule has 1 aromatic heterocycles. The molecule has 0 aliphatic carbocycles. The summed E-state index contributed by atoms with van der Waals surface area (Å²) in [7, 11) is 0. The first-order valence-electron chi connectivity index (χ1n) is 14.5. The Morgan fingerprint density at radius 1 is 0.953 bits per heavy atom. The van der Waals surface area contributed by atoms with Crippen LogP contribution >= 0.6 is 0 Å². The number of rotatable bonds is 2. The highest BCUT2D eigenvalue weighted by atomic mass is 16.5. The van der Waals surface area contributed by atoms with Gasteiger partial charge in [-0.15, -0.1) is 0 Å². The Morgan fingerprint density at radius 2 is 1.65 bits per heavy atom. The Balaban J connectivity index is 1.40. The number of hydrogen-bond donors (Lipinski definition) is 3. The van der Waals surface area contributed by atoms with Crippen molar-refractivity contribution in [1.82, 2.24) is 20.5 Å². The third-order valence-electron chi connectivity index (χ3n) is 8.13. The lowest BCUT2D eigenvalue weighted by molar-refractivity contribution is -0.142. The molecule has 1 fully saturated rings.